The summed E-state index contributed by atoms with van der Waals surface area (Å²) >= 11 is 8.02. The van der Waals surface area contributed by atoms with Gasteiger partial charge in [0.05, 0.1) is 17.8 Å². The lowest BCUT2D eigenvalue weighted by molar-refractivity contribution is 0.102. The van der Waals surface area contributed by atoms with E-state index >= 15 is 0 Å². The van der Waals surface area contributed by atoms with Gasteiger partial charge in [-0.05, 0) is 72.0 Å². The number of amides is 1. The maximum absolute atomic E-state index is 13.3. The Morgan fingerprint density at radius 2 is 1.81 bits per heavy atom. The Morgan fingerprint density at radius 3 is 2.47 bits per heavy atom. The normalized spacial score (nSPS) is 10.8. The number of benzene rings is 3. The highest BCUT2D eigenvalue weighted by molar-refractivity contribution is 7.98. The average Bonchev–Trinajstić information content (AvgIpc) is 3.25. The Labute approximate surface area is 196 Å². The molecule has 0 fully saturated rings. The maximum Gasteiger partial charge on any atom is 0.256 e. The van der Waals surface area contributed by atoms with Crippen LogP contribution in [0.25, 0.3) is 22.4 Å². The van der Waals surface area contributed by atoms with Gasteiger partial charge in [0.25, 0.3) is 5.91 Å². The molecule has 0 aliphatic carbocycles. The number of methoxy groups -OCH3 is 1. The Morgan fingerprint density at radius 1 is 1.03 bits per heavy atom. The lowest BCUT2D eigenvalue weighted by Crippen LogP contribution is -2.13. The number of aromatic nitrogens is 2. The first-order valence-corrected chi connectivity index (χ1v) is 11.5. The Balaban J connectivity index is 1.68. The molecule has 3 aromatic carbocycles. The highest BCUT2D eigenvalue weighted by atomic mass is 35.5. The van der Waals surface area contributed by atoms with Gasteiger partial charge >= 0.3 is 0 Å². The molecule has 0 saturated carbocycles. The smallest absolute Gasteiger partial charge is 0.256 e. The molecule has 5 nitrogen and oxygen atoms in total. The van der Waals surface area contributed by atoms with Crippen molar-refractivity contribution in [3.63, 3.8) is 0 Å². The molecule has 1 N–H and O–H groups in total. The molecule has 0 spiro atoms. The average molecular weight is 464 g/mol. The number of rotatable bonds is 6. The lowest BCUT2D eigenvalue weighted by atomic mass is 9.99. The number of hydrogen-bond donors (Lipinski definition) is 1. The molecule has 0 bridgehead atoms. The third-order valence-electron chi connectivity index (χ3n) is 5.09. The van der Waals surface area contributed by atoms with E-state index in [-0.39, 0.29) is 5.91 Å². The van der Waals surface area contributed by atoms with Crippen molar-refractivity contribution in [2.45, 2.75) is 4.90 Å². The van der Waals surface area contributed by atoms with Crippen LogP contribution in [0.1, 0.15) is 10.4 Å². The van der Waals surface area contributed by atoms with E-state index in [0.29, 0.717) is 16.3 Å². The van der Waals surface area contributed by atoms with Gasteiger partial charge in [0.2, 0.25) is 0 Å². The third-order valence-corrected chi connectivity index (χ3v) is 6.14. The quantitative estimate of drug-likeness (QED) is 0.336. The van der Waals surface area contributed by atoms with Crippen molar-refractivity contribution in [1.29, 1.82) is 0 Å². The predicted molar refractivity (Wildman–Crippen MR) is 132 cm³/mol. The van der Waals surface area contributed by atoms with Crippen molar-refractivity contribution in [3.8, 4) is 28.1 Å². The summed E-state index contributed by atoms with van der Waals surface area (Å²) < 4.78 is 6.98. The Bertz CT molecular complexity index is 1270. The molecule has 32 heavy (non-hydrogen) atoms. The van der Waals surface area contributed by atoms with Crippen LogP contribution in [-0.4, -0.2) is 29.1 Å². The number of carbonyl (C=O) groups is 1. The molecule has 4 rings (SSSR count). The maximum atomic E-state index is 13.3. The monoisotopic (exact) mass is 463 g/mol. The largest absolute Gasteiger partial charge is 0.497 e. The Kier molecular flexibility index (Phi) is 6.53. The molecule has 1 aromatic heterocycles. The second kappa shape index (κ2) is 9.51. The molecule has 0 atom stereocenters. The summed E-state index contributed by atoms with van der Waals surface area (Å²) in [5, 5.41) is 8.00. The van der Waals surface area contributed by atoms with E-state index in [1.54, 1.807) is 35.7 Å². The zero-order chi connectivity index (χ0) is 22.7. The van der Waals surface area contributed by atoms with Gasteiger partial charge in [-0.25, -0.2) is 0 Å². The van der Waals surface area contributed by atoms with Gasteiger partial charge in [0.15, 0.2) is 0 Å². The minimum atomic E-state index is -0.197. The minimum Gasteiger partial charge on any atom is -0.497 e. The molecule has 0 unspecified atom stereocenters. The molecule has 0 aliphatic heterocycles. The Hall–Kier alpha value is -3.22. The van der Waals surface area contributed by atoms with Crippen molar-refractivity contribution in [2.75, 3.05) is 18.7 Å². The van der Waals surface area contributed by atoms with Crippen LogP contribution in [0.5, 0.6) is 5.75 Å². The molecule has 0 radical (unpaired) electrons. The molecule has 7 heteroatoms. The molecular formula is C25H22ClN3O2S. The van der Waals surface area contributed by atoms with E-state index < -0.39 is 0 Å². The number of nitrogens with one attached hydrogen (secondary N) is 1. The highest BCUT2D eigenvalue weighted by Crippen LogP contribution is 2.32. The fraction of sp³-hybridized carbons (Fsp3) is 0.120. The van der Waals surface area contributed by atoms with Crippen molar-refractivity contribution in [3.05, 3.63) is 83.5 Å². The predicted octanol–water partition coefficient (Wildman–Crippen LogP) is 6.39. The first-order chi connectivity index (χ1) is 15.5. The summed E-state index contributed by atoms with van der Waals surface area (Å²) in [5.41, 5.74) is 4.54. The van der Waals surface area contributed by atoms with Gasteiger partial charge in [-0.15, -0.1) is 11.8 Å². The highest BCUT2D eigenvalue weighted by Gasteiger charge is 2.16. The van der Waals surface area contributed by atoms with Crippen molar-refractivity contribution in [1.82, 2.24) is 9.78 Å². The summed E-state index contributed by atoms with van der Waals surface area (Å²) in [5.74, 6) is 0.571. The molecule has 1 amide bonds. The summed E-state index contributed by atoms with van der Waals surface area (Å²) in [6.07, 6.45) is 3.87. The van der Waals surface area contributed by atoms with Crippen LogP contribution >= 0.6 is 23.4 Å². The number of nitrogens with zero attached hydrogens (tertiary/aromatic N) is 2. The van der Waals surface area contributed by atoms with Crippen LogP contribution in [0, 0.1) is 0 Å². The van der Waals surface area contributed by atoms with Gasteiger partial charge in [0, 0.05) is 35.0 Å². The standard InChI is InChI=1S/C25H22ClN3O2S/c1-29-13-12-24(28-29)22-14-17(6-11-23(22)26)27-25(30)20-10-9-19(32-3)15-21(20)16-4-7-18(31-2)8-5-16/h4-15H,1-3H3,(H,27,30). The molecule has 4 aromatic rings. The molecule has 162 valence electrons. The fourth-order valence-corrected chi connectivity index (χ4v) is 4.07. The first kappa shape index (κ1) is 22.0. The fourth-order valence-electron chi connectivity index (χ4n) is 3.41. The van der Waals surface area contributed by atoms with Crippen molar-refractivity contribution < 1.29 is 9.53 Å². The van der Waals surface area contributed by atoms with Gasteiger partial charge in [-0.3, -0.25) is 9.48 Å². The zero-order valence-corrected chi connectivity index (χ0v) is 19.5. The van der Waals surface area contributed by atoms with Crippen LogP contribution in [0.3, 0.4) is 0 Å². The van der Waals surface area contributed by atoms with E-state index in [0.717, 1.165) is 33.0 Å². The van der Waals surface area contributed by atoms with Crippen LogP contribution < -0.4 is 10.1 Å². The number of thioether (sulfide) groups is 1. The molecule has 1 heterocycles. The summed E-state index contributed by atoms with van der Waals surface area (Å²) in [7, 11) is 3.48. The van der Waals surface area contributed by atoms with Crippen LogP contribution in [-0.2, 0) is 7.05 Å². The SMILES string of the molecule is COc1ccc(-c2cc(SC)ccc2C(=O)Nc2ccc(Cl)c(-c3ccn(C)n3)c2)cc1. The van der Waals surface area contributed by atoms with Crippen LogP contribution in [0.4, 0.5) is 5.69 Å². The topological polar surface area (TPSA) is 56.1 Å². The summed E-state index contributed by atoms with van der Waals surface area (Å²) in [6, 6.07) is 20.8. The van der Waals surface area contributed by atoms with Gasteiger partial charge in [-0.1, -0.05) is 23.7 Å². The number of carbonyl (C=O) groups excluding carboxylic acids is 1. The second-order valence-corrected chi connectivity index (χ2v) is 8.45. The third kappa shape index (κ3) is 4.66. The minimum absolute atomic E-state index is 0.197. The number of aryl methyl sites for hydroxylation is 1. The van der Waals surface area contributed by atoms with E-state index in [1.807, 2.05) is 74.1 Å². The summed E-state index contributed by atoms with van der Waals surface area (Å²) in [4.78, 5) is 14.4. The zero-order valence-electron chi connectivity index (χ0n) is 17.9. The van der Waals surface area contributed by atoms with E-state index in [4.69, 9.17) is 16.3 Å². The molecule has 0 saturated heterocycles. The number of anilines is 1. The van der Waals surface area contributed by atoms with E-state index in [2.05, 4.69) is 10.4 Å². The molecular weight excluding hydrogens is 442 g/mol. The van der Waals surface area contributed by atoms with Gasteiger partial charge < -0.3 is 10.1 Å². The summed E-state index contributed by atoms with van der Waals surface area (Å²) in [6.45, 7) is 0. The number of halogens is 1. The van der Waals surface area contributed by atoms with Gasteiger partial charge in [-0.2, -0.15) is 5.10 Å². The first-order valence-electron chi connectivity index (χ1n) is 9.92. The van der Waals surface area contributed by atoms with Crippen LogP contribution in [0.15, 0.2) is 77.8 Å². The van der Waals surface area contributed by atoms with E-state index in [9.17, 15) is 4.79 Å². The van der Waals surface area contributed by atoms with Crippen LogP contribution in [0.2, 0.25) is 5.02 Å². The number of hydrogen-bond acceptors (Lipinski definition) is 4. The van der Waals surface area contributed by atoms with Crippen molar-refractivity contribution >= 4 is 35.0 Å². The van der Waals surface area contributed by atoms with E-state index in [1.165, 1.54) is 0 Å². The second-order valence-electron chi connectivity index (χ2n) is 7.16. The van der Waals surface area contributed by atoms with Crippen molar-refractivity contribution in [2.24, 2.45) is 7.05 Å². The number of ether oxygens (including phenoxy) is 1. The molecule has 0 aliphatic rings. The lowest BCUT2D eigenvalue weighted by Gasteiger charge is -2.13. The van der Waals surface area contributed by atoms with Gasteiger partial charge in [0.1, 0.15) is 5.75 Å².